The Bertz CT molecular complexity index is 325. The van der Waals surface area contributed by atoms with Crippen LogP contribution >= 0.6 is 11.6 Å². The van der Waals surface area contributed by atoms with Gasteiger partial charge in [0.15, 0.2) is 0 Å². The van der Waals surface area contributed by atoms with Gasteiger partial charge >= 0.3 is 0 Å². The Morgan fingerprint density at radius 2 is 1.93 bits per heavy atom. The Morgan fingerprint density at radius 3 is 2.27 bits per heavy atom. The first-order valence-electron chi connectivity index (χ1n) is 4.44. The predicted octanol–water partition coefficient (Wildman–Crippen LogP) is 0.0577. The van der Waals surface area contributed by atoms with Crippen LogP contribution in [0.25, 0.3) is 0 Å². The van der Waals surface area contributed by atoms with Gasteiger partial charge in [0, 0.05) is 12.1 Å². The van der Waals surface area contributed by atoms with Gasteiger partial charge in [-0.3, -0.25) is 4.79 Å². The molecule has 2 N–H and O–H groups in total. The van der Waals surface area contributed by atoms with Crippen LogP contribution in [-0.4, -0.2) is 38.0 Å². The molecule has 1 unspecified atom stereocenters. The van der Waals surface area contributed by atoms with Gasteiger partial charge in [0.2, 0.25) is 15.9 Å². The molecule has 1 amide bonds. The number of hydrogen-bond acceptors (Lipinski definition) is 3. The summed E-state index contributed by atoms with van der Waals surface area (Å²) in [5.41, 5.74) is -0.727. The van der Waals surface area contributed by atoms with Crippen LogP contribution in [-0.2, 0) is 14.8 Å². The quantitative estimate of drug-likeness (QED) is 0.683. The molecule has 1 atom stereocenters. The van der Waals surface area contributed by atoms with Crippen LogP contribution in [0.4, 0.5) is 0 Å². The monoisotopic (exact) mass is 256 g/mol. The molecule has 5 nitrogen and oxygen atoms in total. The van der Waals surface area contributed by atoms with E-state index >= 15 is 0 Å². The molecule has 0 aromatic heterocycles. The summed E-state index contributed by atoms with van der Waals surface area (Å²) in [6.45, 7) is 5.09. The SMILES string of the molecule is CC(Cl)C(=O)NCC(C)(C)NS(C)(=O)=O. The lowest BCUT2D eigenvalue weighted by Gasteiger charge is -2.25. The number of hydrogen-bond donors (Lipinski definition) is 2. The molecular formula is C8H17ClN2O3S. The molecule has 0 rings (SSSR count). The molecule has 0 saturated heterocycles. The van der Waals surface area contributed by atoms with E-state index in [9.17, 15) is 13.2 Å². The second-order valence-corrected chi connectivity index (χ2v) is 6.50. The zero-order valence-electron chi connectivity index (χ0n) is 9.30. The normalized spacial score (nSPS) is 14.7. The van der Waals surface area contributed by atoms with E-state index in [1.807, 2.05) is 0 Å². The van der Waals surface area contributed by atoms with Crippen molar-refractivity contribution >= 4 is 27.5 Å². The summed E-state index contributed by atoms with van der Waals surface area (Å²) >= 11 is 5.54. The van der Waals surface area contributed by atoms with Crippen LogP contribution in [0.1, 0.15) is 20.8 Å². The van der Waals surface area contributed by atoms with E-state index in [1.165, 1.54) is 0 Å². The average Bonchev–Trinajstić information content (AvgIpc) is 1.95. The van der Waals surface area contributed by atoms with Gasteiger partial charge in [0.25, 0.3) is 0 Å². The van der Waals surface area contributed by atoms with E-state index in [2.05, 4.69) is 10.0 Å². The Morgan fingerprint density at radius 1 is 1.47 bits per heavy atom. The molecule has 0 radical (unpaired) electrons. The molecule has 0 aliphatic carbocycles. The molecule has 0 saturated carbocycles. The maximum Gasteiger partial charge on any atom is 0.237 e. The topological polar surface area (TPSA) is 75.3 Å². The highest BCUT2D eigenvalue weighted by molar-refractivity contribution is 7.88. The largest absolute Gasteiger partial charge is 0.353 e. The third-order valence-electron chi connectivity index (χ3n) is 1.53. The molecule has 0 aromatic rings. The molecule has 90 valence electrons. The van der Waals surface area contributed by atoms with Crippen LogP contribution in [0.5, 0.6) is 0 Å². The summed E-state index contributed by atoms with van der Waals surface area (Å²) in [5, 5.41) is 1.92. The smallest absolute Gasteiger partial charge is 0.237 e. The molecule has 0 spiro atoms. The molecule has 15 heavy (non-hydrogen) atoms. The van der Waals surface area contributed by atoms with Crippen LogP contribution in [0.2, 0.25) is 0 Å². The molecule has 0 heterocycles. The fraction of sp³-hybridized carbons (Fsp3) is 0.875. The van der Waals surface area contributed by atoms with Crippen LogP contribution in [0.15, 0.2) is 0 Å². The average molecular weight is 257 g/mol. The minimum absolute atomic E-state index is 0.190. The Kier molecular flexibility index (Phi) is 5.02. The van der Waals surface area contributed by atoms with E-state index < -0.39 is 20.9 Å². The van der Waals surface area contributed by atoms with Crippen molar-refractivity contribution in [3.63, 3.8) is 0 Å². The number of rotatable bonds is 5. The molecular weight excluding hydrogens is 240 g/mol. The van der Waals surface area contributed by atoms with E-state index in [-0.39, 0.29) is 12.5 Å². The fourth-order valence-corrected chi connectivity index (χ4v) is 2.14. The summed E-state index contributed by atoms with van der Waals surface area (Å²) < 4.78 is 24.4. The number of halogens is 1. The Labute approximate surface area is 95.6 Å². The number of carbonyl (C=O) groups excluding carboxylic acids is 1. The first-order valence-corrected chi connectivity index (χ1v) is 6.77. The summed E-state index contributed by atoms with van der Waals surface area (Å²) in [4.78, 5) is 11.1. The zero-order chi connectivity index (χ0) is 12.3. The number of sulfonamides is 1. The summed E-state index contributed by atoms with van der Waals surface area (Å²) in [6.07, 6.45) is 1.07. The lowest BCUT2D eigenvalue weighted by molar-refractivity contribution is -0.120. The van der Waals surface area contributed by atoms with Crippen molar-refractivity contribution in [1.29, 1.82) is 0 Å². The molecule has 0 aliphatic rings. The first-order chi connectivity index (χ1) is 6.53. The Hall–Kier alpha value is -0.330. The third kappa shape index (κ3) is 7.58. The molecule has 0 aliphatic heterocycles. The van der Waals surface area contributed by atoms with Gasteiger partial charge in [0.1, 0.15) is 5.38 Å². The summed E-state index contributed by atoms with van der Waals surface area (Å²) in [5.74, 6) is -0.319. The van der Waals surface area contributed by atoms with Crippen molar-refractivity contribution in [1.82, 2.24) is 10.0 Å². The molecule has 0 bridgehead atoms. The second-order valence-electron chi connectivity index (χ2n) is 4.09. The van der Waals surface area contributed by atoms with Gasteiger partial charge in [-0.1, -0.05) is 0 Å². The highest BCUT2D eigenvalue weighted by Gasteiger charge is 2.23. The van der Waals surface area contributed by atoms with Gasteiger partial charge in [-0.15, -0.1) is 11.6 Å². The maximum absolute atomic E-state index is 11.1. The van der Waals surface area contributed by atoms with Gasteiger partial charge in [0.05, 0.1) is 6.26 Å². The van der Waals surface area contributed by atoms with Gasteiger partial charge in [-0.05, 0) is 20.8 Å². The lowest BCUT2D eigenvalue weighted by Crippen LogP contribution is -2.51. The zero-order valence-corrected chi connectivity index (χ0v) is 10.9. The number of amides is 1. The van der Waals surface area contributed by atoms with Crippen LogP contribution in [0.3, 0.4) is 0 Å². The number of nitrogens with one attached hydrogen (secondary N) is 2. The van der Waals surface area contributed by atoms with Crippen LogP contribution < -0.4 is 10.0 Å². The highest BCUT2D eigenvalue weighted by atomic mass is 35.5. The van der Waals surface area contributed by atoms with E-state index in [1.54, 1.807) is 20.8 Å². The summed E-state index contributed by atoms with van der Waals surface area (Å²) in [6, 6.07) is 0. The van der Waals surface area contributed by atoms with Crippen molar-refractivity contribution in [2.45, 2.75) is 31.7 Å². The standard InChI is InChI=1S/C8H17ClN2O3S/c1-6(9)7(12)10-5-8(2,3)11-15(4,13)14/h6,11H,5H2,1-4H3,(H,10,12). The van der Waals surface area contributed by atoms with E-state index in [0.717, 1.165) is 6.26 Å². The number of carbonyl (C=O) groups is 1. The third-order valence-corrected chi connectivity index (χ3v) is 2.65. The first kappa shape index (κ1) is 14.7. The molecule has 7 heteroatoms. The lowest BCUT2D eigenvalue weighted by atomic mass is 10.1. The van der Waals surface area contributed by atoms with Crippen LogP contribution in [0, 0.1) is 0 Å². The fourth-order valence-electron chi connectivity index (χ4n) is 0.987. The van der Waals surface area contributed by atoms with Crippen molar-refractivity contribution in [3.05, 3.63) is 0 Å². The Balaban J connectivity index is 4.22. The van der Waals surface area contributed by atoms with E-state index in [4.69, 9.17) is 11.6 Å². The number of alkyl halides is 1. The van der Waals surface area contributed by atoms with E-state index in [0.29, 0.717) is 0 Å². The predicted molar refractivity (Wildman–Crippen MR) is 60.4 cm³/mol. The maximum atomic E-state index is 11.1. The van der Waals surface area contributed by atoms with Gasteiger partial charge in [-0.25, -0.2) is 13.1 Å². The van der Waals surface area contributed by atoms with Crippen molar-refractivity contribution in [2.75, 3.05) is 12.8 Å². The minimum atomic E-state index is -3.28. The summed E-state index contributed by atoms with van der Waals surface area (Å²) in [7, 11) is -3.28. The highest BCUT2D eigenvalue weighted by Crippen LogP contribution is 2.02. The van der Waals surface area contributed by atoms with Gasteiger partial charge < -0.3 is 5.32 Å². The molecule has 0 fully saturated rings. The van der Waals surface area contributed by atoms with Crippen molar-refractivity contribution in [3.8, 4) is 0 Å². The van der Waals surface area contributed by atoms with Gasteiger partial charge in [-0.2, -0.15) is 0 Å². The van der Waals surface area contributed by atoms with Crippen molar-refractivity contribution < 1.29 is 13.2 Å². The molecule has 0 aromatic carbocycles. The minimum Gasteiger partial charge on any atom is -0.353 e. The van der Waals surface area contributed by atoms with Crippen molar-refractivity contribution in [2.24, 2.45) is 0 Å². The second kappa shape index (κ2) is 5.14.